The second kappa shape index (κ2) is 7.27. The highest BCUT2D eigenvalue weighted by atomic mass is 16.6. The van der Waals surface area contributed by atoms with Gasteiger partial charge in [-0.05, 0) is 42.4 Å². The van der Waals surface area contributed by atoms with Crippen molar-refractivity contribution in [1.29, 1.82) is 0 Å². The van der Waals surface area contributed by atoms with Gasteiger partial charge in [0.1, 0.15) is 0 Å². The molecule has 1 fully saturated rings. The molecule has 0 N–H and O–H groups in total. The van der Waals surface area contributed by atoms with E-state index in [1.54, 1.807) is 12.0 Å². The Balaban J connectivity index is 1.44. The Labute approximate surface area is 153 Å². The third kappa shape index (κ3) is 3.30. The number of methoxy groups -OCH3 is 1. The van der Waals surface area contributed by atoms with Crippen LogP contribution in [-0.4, -0.2) is 43.8 Å². The summed E-state index contributed by atoms with van der Waals surface area (Å²) in [7, 11) is 1.60. The van der Waals surface area contributed by atoms with Gasteiger partial charge in [-0.3, -0.25) is 0 Å². The lowest BCUT2D eigenvalue weighted by Crippen LogP contribution is -2.37. The van der Waals surface area contributed by atoms with Crippen LogP contribution in [0.4, 0.5) is 4.79 Å². The maximum atomic E-state index is 12.4. The Morgan fingerprint density at radius 2 is 2.04 bits per heavy atom. The summed E-state index contributed by atoms with van der Waals surface area (Å²) in [6, 6.07) is 3.92. The Morgan fingerprint density at radius 3 is 2.81 bits per heavy atom. The van der Waals surface area contributed by atoms with Crippen molar-refractivity contribution in [2.24, 2.45) is 5.92 Å². The average molecular weight is 359 g/mol. The predicted molar refractivity (Wildman–Crippen MR) is 93.9 cm³/mol. The zero-order chi connectivity index (χ0) is 18.1. The van der Waals surface area contributed by atoms with Crippen LogP contribution in [0.1, 0.15) is 58.8 Å². The van der Waals surface area contributed by atoms with E-state index in [-0.39, 0.29) is 18.2 Å². The number of carbonyl (C=O) groups excluding carboxylic acids is 2. The van der Waals surface area contributed by atoms with Gasteiger partial charge < -0.3 is 19.1 Å². The van der Waals surface area contributed by atoms with Gasteiger partial charge >= 0.3 is 12.1 Å². The molecule has 4 rings (SSSR count). The lowest BCUT2D eigenvalue weighted by Gasteiger charge is -2.29. The Hall–Kier alpha value is -2.08. The minimum Gasteiger partial charge on any atom is -0.451 e. The first-order chi connectivity index (χ1) is 12.7. The Kier molecular flexibility index (Phi) is 4.85. The number of nitrogens with zero attached hydrogens (tertiary/aromatic N) is 1. The SMILES string of the molecule is COCC1OC(=O)c2cc3c(cc21)CCN(C(=O)OCC1CCCC1)C3. The van der Waals surface area contributed by atoms with Crippen molar-refractivity contribution in [3.63, 3.8) is 0 Å². The lowest BCUT2D eigenvalue weighted by molar-refractivity contribution is 0.0152. The van der Waals surface area contributed by atoms with Crippen molar-refractivity contribution in [2.45, 2.75) is 44.8 Å². The van der Waals surface area contributed by atoms with Gasteiger partial charge in [-0.2, -0.15) is 0 Å². The lowest BCUT2D eigenvalue weighted by atomic mass is 9.93. The molecule has 1 saturated carbocycles. The summed E-state index contributed by atoms with van der Waals surface area (Å²) in [5.41, 5.74) is 3.66. The summed E-state index contributed by atoms with van der Waals surface area (Å²) < 4.78 is 16.1. The van der Waals surface area contributed by atoms with Gasteiger partial charge in [0.25, 0.3) is 0 Å². The van der Waals surface area contributed by atoms with Gasteiger partial charge in [0, 0.05) is 25.8 Å². The molecular weight excluding hydrogens is 334 g/mol. The first kappa shape index (κ1) is 17.3. The number of carbonyl (C=O) groups is 2. The van der Waals surface area contributed by atoms with E-state index in [9.17, 15) is 9.59 Å². The molecule has 0 aromatic heterocycles. The minimum atomic E-state index is -0.331. The summed E-state index contributed by atoms with van der Waals surface area (Å²) in [5.74, 6) is 0.206. The van der Waals surface area contributed by atoms with Gasteiger partial charge in [0.05, 0.1) is 18.8 Å². The molecule has 6 nitrogen and oxygen atoms in total. The fourth-order valence-corrected chi connectivity index (χ4v) is 4.22. The summed E-state index contributed by atoms with van der Waals surface area (Å²) in [6.07, 6.45) is 4.98. The van der Waals surface area contributed by atoms with Gasteiger partial charge in [-0.15, -0.1) is 0 Å². The number of ether oxygens (including phenoxy) is 3. The van der Waals surface area contributed by atoms with Crippen LogP contribution in [0.5, 0.6) is 0 Å². The van der Waals surface area contributed by atoms with E-state index in [1.165, 1.54) is 18.4 Å². The number of esters is 1. The van der Waals surface area contributed by atoms with Crippen molar-refractivity contribution >= 4 is 12.1 Å². The van der Waals surface area contributed by atoms with E-state index in [2.05, 4.69) is 0 Å². The zero-order valence-corrected chi connectivity index (χ0v) is 15.2. The third-order valence-corrected chi connectivity index (χ3v) is 5.69. The average Bonchev–Trinajstić information content (AvgIpc) is 3.27. The number of rotatable bonds is 4. The standard InChI is InChI=1S/C20H25NO5/c1-24-12-18-16-8-14-6-7-21(10-15(14)9-17(16)19(22)26-18)20(23)25-11-13-4-2-3-5-13/h8-9,13,18H,2-7,10-12H2,1H3. The minimum absolute atomic E-state index is 0.247. The number of fused-ring (bicyclic) bond motifs is 2. The third-order valence-electron chi connectivity index (χ3n) is 5.69. The maximum absolute atomic E-state index is 12.4. The molecule has 1 atom stereocenters. The first-order valence-electron chi connectivity index (χ1n) is 9.43. The smallest absolute Gasteiger partial charge is 0.410 e. The van der Waals surface area contributed by atoms with E-state index >= 15 is 0 Å². The number of hydrogen-bond donors (Lipinski definition) is 0. The molecule has 1 amide bonds. The van der Waals surface area contributed by atoms with Crippen LogP contribution in [0.15, 0.2) is 12.1 Å². The highest BCUT2D eigenvalue weighted by Gasteiger charge is 2.34. The molecule has 2 heterocycles. The van der Waals surface area contributed by atoms with Crippen LogP contribution in [0, 0.1) is 5.92 Å². The Morgan fingerprint density at radius 1 is 1.23 bits per heavy atom. The van der Waals surface area contributed by atoms with E-state index in [4.69, 9.17) is 14.2 Å². The quantitative estimate of drug-likeness (QED) is 0.772. The molecule has 140 valence electrons. The fourth-order valence-electron chi connectivity index (χ4n) is 4.22. The van der Waals surface area contributed by atoms with E-state index in [0.717, 1.165) is 30.4 Å². The zero-order valence-electron chi connectivity index (χ0n) is 15.2. The van der Waals surface area contributed by atoms with E-state index < -0.39 is 0 Å². The van der Waals surface area contributed by atoms with Gasteiger partial charge in [0.2, 0.25) is 0 Å². The van der Waals surface area contributed by atoms with Crippen LogP contribution in [0.3, 0.4) is 0 Å². The largest absolute Gasteiger partial charge is 0.451 e. The monoisotopic (exact) mass is 359 g/mol. The molecule has 1 aliphatic carbocycles. The molecule has 1 aromatic rings. The maximum Gasteiger partial charge on any atom is 0.410 e. The summed E-state index contributed by atoms with van der Waals surface area (Å²) in [4.78, 5) is 26.2. The summed E-state index contributed by atoms with van der Waals surface area (Å²) in [6.45, 7) is 2.00. The van der Waals surface area contributed by atoms with E-state index in [0.29, 0.717) is 37.8 Å². The number of hydrogen-bond acceptors (Lipinski definition) is 5. The van der Waals surface area contributed by atoms with E-state index in [1.807, 2.05) is 12.1 Å². The molecule has 0 spiro atoms. The topological polar surface area (TPSA) is 65.1 Å². The molecule has 6 heteroatoms. The predicted octanol–water partition coefficient (Wildman–Crippen LogP) is 3.23. The normalized spacial score (nSPS) is 22.1. The first-order valence-corrected chi connectivity index (χ1v) is 9.43. The second-order valence-corrected chi connectivity index (χ2v) is 7.46. The van der Waals surface area contributed by atoms with Crippen LogP contribution in [0.25, 0.3) is 0 Å². The van der Waals surface area contributed by atoms with Crippen molar-refractivity contribution in [3.05, 3.63) is 34.4 Å². The summed E-state index contributed by atoms with van der Waals surface area (Å²) in [5, 5.41) is 0. The number of cyclic esters (lactones) is 1. The molecule has 1 unspecified atom stereocenters. The number of benzene rings is 1. The van der Waals surface area contributed by atoms with Gasteiger partial charge in [0.15, 0.2) is 6.10 Å². The molecule has 0 bridgehead atoms. The highest BCUT2D eigenvalue weighted by Crippen LogP contribution is 2.35. The molecule has 0 saturated heterocycles. The van der Waals surface area contributed by atoms with Crippen molar-refractivity contribution in [2.75, 3.05) is 26.9 Å². The molecule has 0 radical (unpaired) electrons. The van der Waals surface area contributed by atoms with Crippen molar-refractivity contribution < 1.29 is 23.8 Å². The van der Waals surface area contributed by atoms with Crippen molar-refractivity contribution in [1.82, 2.24) is 4.90 Å². The molecule has 3 aliphatic rings. The number of amides is 1. The van der Waals surface area contributed by atoms with Crippen LogP contribution >= 0.6 is 0 Å². The molecule has 1 aromatic carbocycles. The molecular formula is C20H25NO5. The Bertz CT molecular complexity index is 710. The highest BCUT2D eigenvalue weighted by molar-refractivity contribution is 5.94. The van der Waals surface area contributed by atoms with Crippen LogP contribution < -0.4 is 0 Å². The molecule has 2 aliphatic heterocycles. The molecule has 26 heavy (non-hydrogen) atoms. The van der Waals surface area contributed by atoms with Crippen LogP contribution in [-0.2, 0) is 27.2 Å². The summed E-state index contributed by atoms with van der Waals surface area (Å²) >= 11 is 0. The van der Waals surface area contributed by atoms with Gasteiger partial charge in [-0.1, -0.05) is 18.9 Å². The fraction of sp³-hybridized carbons (Fsp3) is 0.600. The second-order valence-electron chi connectivity index (χ2n) is 7.46. The van der Waals surface area contributed by atoms with Gasteiger partial charge in [-0.25, -0.2) is 9.59 Å². The van der Waals surface area contributed by atoms with Crippen molar-refractivity contribution in [3.8, 4) is 0 Å². The van der Waals surface area contributed by atoms with Crippen LogP contribution in [0.2, 0.25) is 0 Å².